The lowest BCUT2D eigenvalue weighted by Gasteiger charge is -2.22. The van der Waals surface area contributed by atoms with Gasteiger partial charge in [-0.15, -0.1) is 0 Å². The minimum Gasteiger partial charge on any atom is -0.383 e. The van der Waals surface area contributed by atoms with Crippen molar-refractivity contribution in [1.29, 1.82) is 0 Å². The molecule has 0 bridgehead atoms. The molecule has 1 atom stereocenters. The smallest absolute Gasteiger partial charge is 0.250 e. The molecule has 1 saturated carbocycles. The quantitative estimate of drug-likeness (QED) is 0.574. The first-order valence-electron chi connectivity index (χ1n) is 10.9. The van der Waals surface area contributed by atoms with Gasteiger partial charge in [-0.1, -0.05) is 37.1 Å². The van der Waals surface area contributed by atoms with Crippen LogP contribution in [-0.2, 0) is 16.1 Å². The van der Waals surface area contributed by atoms with Crippen LogP contribution in [0.2, 0.25) is 0 Å². The van der Waals surface area contributed by atoms with E-state index in [9.17, 15) is 4.79 Å². The summed E-state index contributed by atoms with van der Waals surface area (Å²) in [5.74, 6) is 0.351. The number of rotatable bonds is 5. The van der Waals surface area contributed by atoms with E-state index >= 15 is 0 Å². The highest BCUT2D eigenvalue weighted by molar-refractivity contribution is 5.98. The van der Waals surface area contributed by atoms with E-state index in [2.05, 4.69) is 20.6 Å². The summed E-state index contributed by atoms with van der Waals surface area (Å²) in [6.45, 7) is 2.33. The fraction of sp³-hybridized carbons (Fsp3) is 0.455. The van der Waals surface area contributed by atoms with Crippen molar-refractivity contribution in [3.05, 3.63) is 36.2 Å². The number of hydrogen-bond donors (Lipinski definition) is 3. The maximum atomic E-state index is 12.3. The van der Waals surface area contributed by atoms with Crippen molar-refractivity contribution < 1.29 is 9.53 Å². The summed E-state index contributed by atoms with van der Waals surface area (Å²) in [5.41, 5.74) is 9.78. The van der Waals surface area contributed by atoms with Gasteiger partial charge in [-0.05, 0) is 18.4 Å². The molecule has 162 valence electrons. The highest BCUT2D eigenvalue weighted by Crippen LogP contribution is 2.36. The van der Waals surface area contributed by atoms with E-state index in [1.807, 2.05) is 28.9 Å². The van der Waals surface area contributed by atoms with Gasteiger partial charge in [0.15, 0.2) is 5.65 Å². The summed E-state index contributed by atoms with van der Waals surface area (Å²) in [4.78, 5) is 20.9. The molecule has 1 unspecified atom stereocenters. The number of hydrogen-bond acceptors (Lipinski definition) is 7. The zero-order chi connectivity index (χ0) is 21.2. The molecule has 1 saturated heterocycles. The Hall–Kier alpha value is -3.04. The molecule has 5 rings (SSSR count). The van der Waals surface area contributed by atoms with Gasteiger partial charge in [0.25, 0.3) is 5.91 Å². The Bertz CT molecular complexity index is 1070. The largest absolute Gasteiger partial charge is 0.383 e. The van der Waals surface area contributed by atoms with Crippen LogP contribution in [0.3, 0.4) is 0 Å². The van der Waals surface area contributed by atoms with Gasteiger partial charge in [0.05, 0.1) is 18.0 Å². The van der Waals surface area contributed by atoms with Gasteiger partial charge < -0.3 is 21.1 Å². The maximum absolute atomic E-state index is 12.3. The highest BCUT2D eigenvalue weighted by Gasteiger charge is 2.25. The molecular formula is C22H27N7O2. The molecule has 1 aliphatic carbocycles. The number of aromatic nitrogens is 4. The molecular weight excluding hydrogens is 394 g/mol. The number of nitrogens with two attached hydrogens (primary N) is 1. The van der Waals surface area contributed by atoms with Crippen LogP contribution < -0.4 is 16.4 Å². The summed E-state index contributed by atoms with van der Waals surface area (Å²) < 4.78 is 7.52. The zero-order valence-corrected chi connectivity index (χ0v) is 17.4. The second-order valence-corrected chi connectivity index (χ2v) is 8.17. The van der Waals surface area contributed by atoms with Crippen molar-refractivity contribution in [3.8, 4) is 11.3 Å². The first-order valence-corrected chi connectivity index (χ1v) is 10.9. The van der Waals surface area contributed by atoms with Gasteiger partial charge in [-0.2, -0.15) is 5.10 Å². The van der Waals surface area contributed by atoms with E-state index in [1.54, 1.807) is 0 Å². The van der Waals surface area contributed by atoms with Crippen LogP contribution in [0.15, 0.2) is 30.6 Å². The van der Waals surface area contributed by atoms with E-state index in [4.69, 9.17) is 15.6 Å². The van der Waals surface area contributed by atoms with Crippen LogP contribution in [0.4, 0.5) is 5.82 Å². The molecule has 4 N–H and O–H groups in total. The molecule has 9 heteroatoms. The number of anilines is 1. The SMILES string of the molecule is Nc1ncnc2c1c(-c1ccc(CNC(=O)C3CNCCO3)cc1)nn2C1CCCC1. The average Bonchev–Trinajstić information content (AvgIpc) is 3.47. The van der Waals surface area contributed by atoms with Crippen LogP contribution in [0, 0.1) is 0 Å². The van der Waals surface area contributed by atoms with Crippen molar-refractivity contribution in [2.75, 3.05) is 25.4 Å². The number of nitrogens with one attached hydrogen (secondary N) is 2. The molecule has 1 amide bonds. The monoisotopic (exact) mass is 421 g/mol. The number of nitrogen functional groups attached to an aromatic ring is 1. The zero-order valence-electron chi connectivity index (χ0n) is 17.4. The first-order chi connectivity index (χ1) is 15.2. The topological polar surface area (TPSA) is 120 Å². The Kier molecular flexibility index (Phi) is 5.52. The fourth-order valence-corrected chi connectivity index (χ4v) is 4.42. The number of carbonyl (C=O) groups is 1. The van der Waals surface area contributed by atoms with Crippen LogP contribution in [0.5, 0.6) is 0 Å². The molecule has 31 heavy (non-hydrogen) atoms. The number of fused-ring (bicyclic) bond motifs is 1. The number of morpholine rings is 1. The Morgan fingerprint density at radius 2 is 2.03 bits per heavy atom. The molecule has 3 heterocycles. The molecule has 1 aromatic carbocycles. The number of ether oxygens (including phenoxy) is 1. The van der Waals surface area contributed by atoms with E-state index in [1.165, 1.54) is 19.2 Å². The lowest BCUT2D eigenvalue weighted by molar-refractivity contribution is -0.134. The van der Waals surface area contributed by atoms with Gasteiger partial charge in [0.2, 0.25) is 0 Å². The predicted octanol–water partition coefficient (Wildman–Crippen LogP) is 1.80. The summed E-state index contributed by atoms with van der Waals surface area (Å²) in [6, 6.07) is 8.36. The van der Waals surface area contributed by atoms with E-state index in [0.717, 1.165) is 47.2 Å². The third kappa shape index (κ3) is 3.98. The fourth-order valence-electron chi connectivity index (χ4n) is 4.42. The minimum atomic E-state index is -0.429. The van der Waals surface area contributed by atoms with Crippen LogP contribution >= 0.6 is 0 Å². The molecule has 3 aromatic rings. The van der Waals surface area contributed by atoms with Crippen LogP contribution in [-0.4, -0.2) is 51.5 Å². The summed E-state index contributed by atoms with van der Waals surface area (Å²) in [5, 5.41) is 11.8. The number of amides is 1. The first kappa shape index (κ1) is 19.9. The second kappa shape index (κ2) is 8.60. The molecule has 2 aromatic heterocycles. The maximum Gasteiger partial charge on any atom is 0.250 e. The van der Waals surface area contributed by atoms with E-state index in [-0.39, 0.29) is 5.91 Å². The van der Waals surface area contributed by atoms with Crippen molar-refractivity contribution in [2.24, 2.45) is 0 Å². The van der Waals surface area contributed by atoms with Gasteiger partial charge >= 0.3 is 0 Å². The predicted molar refractivity (Wildman–Crippen MR) is 117 cm³/mol. The molecule has 1 aliphatic heterocycles. The highest BCUT2D eigenvalue weighted by atomic mass is 16.5. The Morgan fingerprint density at radius 3 is 2.77 bits per heavy atom. The van der Waals surface area contributed by atoms with Gasteiger partial charge in [-0.3, -0.25) is 4.79 Å². The molecule has 0 spiro atoms. The van der Waals surface area contributed by atoms with Crippen molar-refractivity contribution in [2.45, 2.75) is 44.4 Å². The lowest BCUT2D eigenvalue weighted by atomic mass is 10.1. The molecule has 0 radical (unpaired) electrons. The Morgan fingerprint density at radius 1 is 1.23 bits per heavy atom. The number of nitrogens with zero attached hydrogens (tertiary/aromatic N) is 4. The standard InChI is InChI=1S/C22H27N7O2/c23-20-18-19(28-29(16-3-1-2-4-16)21(18)27-13-26-20)15-7-5-14(6-8-15)11-25-22(30)17-12-24-9-10-31-17/h5-8,13,16-17,24H,1-4,9-12H2,(H,25,30)(H2,23,26,27). The van der Waals surface area contributed by atoms with E-state index in [0.29, 0.717) is 31.6 Å². The van der Waals surface area contributed by atoms with Crippen LogP contribution in [0.25, 0.3) is 22.3 Å². The minimum absolute atomic E-state index is 0.0949. The summed E-state index contributed by atoms with van der Waals surface area (Å²) in [6.07, 6.45) is 5.72. The van der Waals surface area contributed by atoms with Gasteiger partial charge in [-0.25, -0.2) is 14.6 Å². The van der Waals surface area contributed by atoms with Crippen molar-refractivity contribution >= 4 is 22.8 Å². The Balaban J connectivity index is 1.36. The second-order valence-electron chi connectivity index (χ2n) is 8.17. The number of carbonyl (C=O) groups excluding carboxylic acids is 1. The summed E-state index contributed by atoms with van der Waals surface area (Å²) in [7, 11) is 0. The van der Waals surface area contributed by atoms with Crippen LogP contribution in [0.1, 0.15) is 37.3 Å². The third-order valence-electron chi connectivity index (χ3n) is 6.10. The van der Waals surface area contributed by atoms with Gasteiger partial charge in [0.1, 0.15) is 23.9 Å². The summed E-state index contributed by atoms with van der Waals surface area (Å²) >= 11 is 0. The van der Waals surface area contributed by atoms with Crippen molar-refractivity contribution in [3.63, 3.8) is 0 Å². The third-order valence-corrected chi connectivity index (χ3v) is 6.10. The normalized spacial score (nSPS) is 19.7. The molecule has 2 aliphatic rings. The molecule has 2 fully saturated rings. The average molecular weight is 422 g/mol. The lowest BCUT2D eigenvalue weighted by Crippen LogP contribution is -2.47. The van der Waals surface area contributed by atoms with E-state index < -0.39 is 6.10 Å². The Labute approximate surface area is 180 Å². The van der Waals surface area contributed by atoms with Crippen molar-refractivity contribution in [1.82, 2.24) is 30.4 Å². The number of benzene rings is 1. The van der Waals surface area contributed by atoms with Gasteiger partial charge in [0, 0.05) is 25.2 Å². The molecule has 9 nitrogen and oxygen atoms in total.